The summed E-state index contributed by atoms with van der Waals surface area (Å²) >= 11 is 1.57. The number of esters is 1. The van der Waals surface area contributed by atoms with Gasteiger partial charge in [-0.3, -0.25) is 9.59 Å². The second kappa shape index (κ2) is 7.45. The van der Waals surface area contributed by atoms with Gasteiger partial charge in [-0.2, -0.15) is 0 Å². The van der Waals surface area contributed by atoms with Crippen LogP contribution in [0.2, 0.25) is 0 Å². The Hall–Kier alpha value is -1.82. The van der Waals surface area contributed by atoms with E-state index in [1.165, 1.54) is 7.11 Å². The molecular weight excluding hydrogens is 302 g/mol. The minimum Gasteiger partial charge on any atom is -0.511 e. The van der Waals surface area contributed by atoms with Crippen LogP contribution in [0, 0.1) is 18.8 Å². The summed E-state index contributed by atoms with van der Waals surface area (Å²) in [7, 11) is 1.29. The van der Waals surface area contributed by atoms with Gasteiger partial charge in [0.05, 0.1) is 12.1 Å². The van der Waals surface area contributed by atoms with Gasteiger partial charge in [-0.15, -0.1) is 11.8 Å². The van der Waals surface area contributed by atoms with Crippen molar-refractivity contribution in [2.24, 2.45) is 11.8 Å². The predicted molar refractivity (Wildman–Crippen MR) is 83.6 cm³/mol. The number of aliphatic hydroxyl groups is 1. The van der Waals surface area contributed by atoms with Gasteiger partial charge in [0.25, 0.3) is 0 Å². The van der Waals surface area contributed by atoms with Gasteiger partial charge in [0.2, 0.25) is 0 Å². The maximum atomic E-state index is 11.8. The topological polar surface area (TPSA) is 76.5 Å². The summed E-state index contributed by atoms with van der Waals surface area (Å²) in [5.74, 6) is -1.09. The number of pyridine rings is 1. The molecule has 2 unspecified atom stereocenters. The van der Waals surface area contributed by atoms with Gasteiger partial charge >= 0.3 is 5.97 Å². The highest BCUT2D eigenvalue weighted by Crippen LogP contribution is 2.33. The first-order chi connectivity index (χ1) is 10.5. The van der Waals surface area contributed by atoms with E-state index in [0.29, 0.717) is 6.42 Å². The van der Waals surface area contributed by atoms with Gasteiger partial charge in [0.1, 0.15) is 11.7 Å². The lowest BCUT2D eigenvalue weighted by atomic mass is 9.80. The number of hydrogen-bond donors (Lipinski definition) is 1. The number of aryl methyl sites for hydroxylation is 1. The van der Waals surface area contributed by atoms with Crippen molar-refractivity contribution >= 4 is 23.5 Å². The van der Waals surface area contributed by atoms with E-state index in [1.54, 1.807) is 18.0 Å². The zero-order chi connectivity index (χ0) is 16.1. The number of carbonyl (C=O) groups is 2. The third-order valence-electron chi connectivity index (χ3n) is 3.64. The molecule has 0 saturated heterocycles. The van der Waals surface area contributed by atoms with Crippen LogP contribution in [0.1, 0.15) is 18.4 Å². The molecule has 2 atom stereocenters. The van der Waals surface area contributed by atoms with E-state index in [-0.39, 0.29) is 23.9 Å². The molecule has 0 fully saturated rings. The van der Waals surface area contributed by atoms with Gasteiger partial charge in [-0.1, -0.05) is 6.07 Å². The Morgan fingerprint density at radius 1 is 1.50 bits per heavy atom. The fraction of sp³-hybridized carbons (Fsp3) is 0.438. The van der Waals surface area contributed by atoms with Crippen LogP contribution in [0.15, 0.2) is 35.2 Å². The Morgan fingerprint density at radius 2 is 2.27 bits per heavy atom. The Morgan fingerprint density at radius 3 is 2.91 bits per heavy atom. The highest BCUT2D eigenvalue weighted by atomic mass is 32.2. The van der Waals surface area contributed by atoms with Crippen molar-refractivity contribution in [3.05, 3.63) is 35.7 Å². The number of allylic oxidation sites excluding steroid dienone is 1. The van der Waals surface area contributed by atoms with Crippen LogP contribution >= 0.6 is 11.8 Å². The second-order valence-electron chi connectivity index (χ2n) is 5.31. The first-order valence-corrected chi connectivity index (χ1v) is 8.06. The zero-order valence-corrected chi connectivity index (χ0v) is 13.4. The number of ketones is 1. The number of rotatable bonds is 5. The van der Waals surface area contributed by atoms with Crippen LogP contribution in [0.4, 0.5) is 0 Å². The number of ether oxygens (including phenoxy) is 1. The number of nitrogens with zero attached hydrogens (tertiary/aromatic N) is 1. The molecule has 2 rings (SSSR count). The molecule has 118 valence electrons. The molecule has 1 N–H and O–H groups in total. The van der Waals surface area contributed by atoms with Crippen LogP contribution < -0.4 is 0 Å². The van der Waals surface area contributed by atoms with Crippen molar-refractivity contribution in [2.45, 2.75) is 24.8 Å². The maximum Gasteiger partial charge on any atom is 0.316 e. The highest BCUT2D eigenvalue weighted by Gasteiger charge is 2.37. The standard InChI is InChI=1S/C16H19NO4S/c1-10-3-4-14(17-9-10)22-6-5-11-7-12(18)8-13(19)15(11)16(20)21-2/h3-4,8-9,11,15,19H,5-7H2,1-2H3. The summed E-state index contributed by atoms with van der Waals surface area (Å²) < 4.78 is 4.73. The van der Waals surface area contributed by atoms with Crippen LogP contribution in [-0.4, -0.2) is 34.7 Å². The molecule has 0 aliphatic heterocycles. The van der Waals surface area contributed by atoms with Gasteiger partial charge in [-0.05, 0) is 36.6 Å². The molecule has 6 heteroatoms. The molecule has 0 spiro atoms. The first-order valence-electron chi connectivity index (χ1n) is 7.08. The second-order valence-corrected chi connectivity index (χ2v) is 6.43. The fourth-order valence-electron chi connectivity index (χ4n) is 2.49. The number of aromatic nitrogens is 1. The SMILES string of the molecule is COC(=O)C1C(O)=CC(=O)CC1CCSc1ccc(C)cn1. The Bertz CT molecular complexity index is 582. The van der Waals surface area contributed by atoms with Crippen LogP contribution in [-0.2, 0) is 14.3 Å². The van der Waals surface area contributed by atoms with Crippen LogP contribution in [0.3, 0.4) is 0 Å². The smallest absolute Gasteiger partial charge is 0.316 e. The molecule has 0 saturated carbocycles. The van der Waals surface area contributed by atoms with Crippen LogP contribution in [0.5, 0.6) is 0 Å². The van der Waals surface area contributed by atoms with Crippen molar-refractivity contribution in [3.8, 4) is 0 Å². The van der Waals surface area contributed by atoms with Crippen molar-refractivity contribution in [1.82, 2.24) is 4.98 Å². The molecule has 0 amide bonds. The molecule has 1 aliphatic rings. The Kier molecular flexibility index (Phi) is 5.60. The van der Waals surface area contributed by atoms with E-state index < -0.39 is 11.9 Å². The molecular formula is C16H19NO4S. The fourth-order valence-corrected chi connectivity index (χ4v) is 3.42. The Balaban J connectivity index is 1.97. The summed E-state index contributed by atoms with van der Waals surface area (Å²) in [5, 5.41) is 10.8. The monoisotopic (exact) mass is 321 g/mol. The summed E-state index contributed by atoms with van der Waals surface area (Å²) in [4.78, 5) is 27.7. The normalized spacial score (nSPS) is 21.4. The summed E-state index contributed by atoms with van der Waals surface area (Å²) in [6.07, 6.45) is 3.82. The van der Waals surface area contributed by atoms with E-state index in [0.717, 1.165) is 22.4 Å². The van der Waals surface area contributed by atoms with Gasteiger partial charge < -0.3 is 9.84 Å². The third kappa shape index (κ3) is 4.10. The highest BCUT2D eigenvalue weighted by molar-refractivity contribution is 7.99. The lowest BCUT2D eigenvalue weighted by molar-refractivity contribution is -0.147. The lowest BCUT2D eigenvalue weighted by Gasteiger charge is -2.27. The van der Waals surface area contributed by atoms with Crippen molar-refractivity contribution in [1.29, 1.82) is 0 Å². The summed E-state index contributed by atoms with van der Waals surface area (Å²) in [6, 6.07) is 3.94. The lowest BCUT2D eigenvalue weighted by Crippen LogP contribution is -2.32. The maximum absolute atomic E-state index is 11.8. The predicted octanol–water partition coefficient (Wildman–Crippen LogP) is 2.69. The minimum absolute atomic E-state index is 0.152. The summed E-state index contributed by atoms with van der Waals surface area (Å²) in [5.41, 5.74) is 1.10. The minimum atomic E-state index is -0.741. The van der Waals surface area contributed by atoms with E-state index in [2.05, 4.69) is 4.98 Å². The number of methoxy groups -OCH3 is 1. The molecule has 1 aliphatic carbocycles. The number of thioether (sulfide) groups is 1. The average Bonchev–Trinajstić information content (AvgIpc) is 2.48. The molecule has 0 radical (unpaired) electrons. The average molecular weight is 321 g/mol. The molecule has 1 heterocycles. The van der Waals surface area contributed by atoms with Crippen molar-refractivity contribution in [3.63, 3.8) is 0 Å². The van der Waals surface area contributed by atoms with Gasteiger partial charge in [-0.25, -0.2) is 4.98 Å². The number of carbonyl (C=O) groups excluding carboxylic acids is 2. The Labute approximate surface area is 133 Å². The summed E-state index contributed by atoms with van der Waals surface area (Å²) in [6.45, 7) is 1.98. The number of hydrogen-bond acceptors (Lipinski definition) is 6. The molecule has 0 aromatic carbocycles. The van der Waals surface area contributed by atoms with E-state index >= 15 is 0 Å². The van der Waals surface area contributed by atoms with E-state index in [1.807, 2.05) is 19.1 Å². The zero-order valence-electron chi connectivity index (χ0n) is 12.6. The van der Waals surface area contributed by atoms with Crippen LogP contribution in [0.25, 0.3) is 0 Å². The molecule has 0 bridgehead atoms. The van der Waals surface area contributed by atoms with E-state index in [9.17, 15) is 14.7 Å². The van der Waals surface area contributed by atoms with E-state index in [4.69, 9.17) is 4.74 Å². The van der Waals surface area contributed by atoms with Gasteiger partial charge in [0.15, 0.2) is 5.78 Å². The quantitative estimate of drug-likeness (QED) is 0.664. The first kappa shape index (κ1) is 16.5. The molecule has 5 nitrogen and oxygen atoms in total. The van der Waals surface area contributed by atoms with Gasteiger partial charge in [0, 0.05) is 18.7 Å². The van der Waals surface area contributed by atoms with Crippen molar-refractivity contribution < 1.29 is 19.4 Å². The molecule has 1 aromatic heterocycles. The largest absolute Gasteiger partial charge is 0.511 e. The number of aliphatic hydroxyl groups excluding tert-OH is 1. The molecule has 22 heavy (non-hydrogen) atoms. The van der Waals surface area contributed by atoms with Crippen molar-refractivity contribution in [2.75, 3.05) is 12.9 Å². The third-order valence-corrected chi connectivity index (χ3v) is 4.62. The molecule has 1 aromatic rings.